The van der Waals surface area contributed by atoms with Gasteiger partial charge in [-0.3, -0.25) is 0 Å². The molecule has 0 aromatic carbocycles. The topological polar surface area (TPSA) is 91.0 Å². The Balaban J connectivity index is 2.94. The van der Waals surface area contributed by atoms with Crippen LogP contribution in [0.25, 0.3) is 0 Å². The molecule has 7 nitrogen and oxygen atoms in total. The molecule has 1 heterocycles. The zero-order valence-corrected chi connectivity index (χ0v) is 8.59. The first kappa shape index (κ1) is 11.3. The minimum Gasteiger partial charge on any atom is -0.410 e. The predicted molar refractivity (Wildman–Crippen MR) is 55.0 cm³/mol. The highest BCUT2D eigenvalue weighted by molar-refractivity contribution is 6.69. The Morgan fingerprint density at radius 1 is 1.60 bits per heavy atom. The van der Waals surface area contributed by atoms with E-state index < -0.39 is 0 Å². The summed E-state index contributed by atoms with van der Waals surface area (Å²) >= 11 is 5.49. The van der Waals surface area contributed by atoms with Gasteiger partial charge in [0.15, 0.2) is 11.0 Å². The normalized spacial score (nSPS) is 11.2. The van der Waals surface area contributed by atoms with Crippen LogP contribution in [0.3, 0.4) is 0 Å². The maximum atomic E-state index is 10.3. The third-order valence-electron chi connectivity index (χ3n) is 1.60. The second-order valence-corrected chi connectivity index (χ2v) is 2.81. The van der Waals surface area contributed by atoms with E-state index >= 15 is 0 Å². The summed E-state index contributed by atoms with van der Waals surface area (Å²) in [5.41, 5.74) is 0.213. The molecule has 1 N–H and O–H groups in total. The molecule has 80 valence electrons. The molecule has 0 spiro atoms. The van der Waals surface area contributed by atoms with Crippen molar-refractivity contribution in [2.24, 2.45) is 10.4 Å². The molecule has 0 atom stereocenters. The van der Waals surface area contributed by atoms with Crippen molar-refractivity contribution in [2.45, 2.75) is 6.92 Å². The first-order valence-electron chi connectivity index (χ1n) is 4.03. The van der Waals surface area contributed by atoms with Gasteiger partial charge >= 0.3 is 0 Å². The van der Waals surface area contributed by atoms with Crippen LogP contribution in [-0.2, 0) is 0 Å². The summed E-state index contributed by atoms with van der Waals surface area (Å²) in [6, 6.07) is 0. The summed E-state index contributed by atoms with van der Waals surface area (Å²) in [5.74, 6) is 0.304. The highest BCUT2D eigenvalue weighted by Crippen LogP contribution is 2.09. The van der Waals surface area contributed by atoms with E-state index in [-0.39, 0.29) is 10.9 Å². The van der Waals surface area contributed by atoms with Gasteiger partial charge < -0.3 is 5.21 Å². The van der Waals surface area contributed by atoms with E-state index in [2.05, 4.69) is 20.4 Å². The molecule has 8 heteroatoms. The summed E-state index contributed by atoms with van der Waals surface area (Å²) in [6.45, 7) is 2.14. The number of anilines is 1. The van der Waals surface area contributed by atoms with Crippen molar-refractivity contribution >= 4 is 22.6 Å². The minimum absolute atomic E-state index is 0.170. The molecule has 0 radical (unpaired) electrons. The summed E-state index contributed by atoms with van der Waals surface area (Å²) in [6.07, 6.45) is 2.60. The fourth-order valence-electron chi connectivity index (χ4n) is 0.874. The lowest BCUT2D eigenvalue weighted by Crippen LogP contribution is -2.16. The molecule has 15 heavy (non-hydrogen) atoms. The Morgan fingerprint density at radius 3 is 2.73 bits per heavy atom. The van der Waals surface area contributed by atoms with Crippen LogP contribution >= 0.6 is 11.6 Å². The van der Waals surface area contributed by atoms with Crippen molar-refractivity contribution in [1.82, 2.24) is 9.97 Å². The van der Waals surface area contributed by atoms with Gasteiger partial charge in [0.1, 0.15) is 5.69 Å². The molecule has 1 rings (SSSR count). The first-order chi connectivity index (χ1) is 7.22. The molecule has 0 saturated carbocycles. The summed E-state index contributed by atoms with van der Waals surface area (Å²) < 4.78 is 0. The zero-order chi connectivity index (χ0) is 11.3. The van der Waals surface area contributed by atoms with Gasteiger partial charge in [-0.05, 0) is 6.92 Å². The number of halogens is 1. The molecular formula is C7H8ClN5O2. The molecule has 0 unspecified atom stereocenters. The van der Waals surface area contributed by atoms with E-state index in [4.69, 9.17) is 16.8 Å². The van der Waals surface area contributed by atoms with Crippen molar-refractivity contribution in [1.29, 1.82) is 0 Å². The molecule has 0 bridgehead atoms. The van der Waals surface area contributed by atoms with Crippen LogP contribution in [0.1, 0.15) is 12.6 Å². The van der Waals surface area contributed by atoms with E-state index in [1.807, 2.05) is 0 Å². The van der Waals surface area contributed by atoms with Gasteiger partial charge in [-0.1, -0.05) is 16.8 Å². The van der Waals surface area contributed by atoms with Gasteiger partial charge in [0.25, 0.3) is 0 Å². The van der Waals surface area contributed by atoms with Crippen molar-refractivity contribution < 1.29 is 5.21 Å². The molecule has 0 amide bonds. The van der Waals surface area contributed by atoms with Crippen LogP contribution in [-0.4, -0.2) is 26.9 Å². The first-order valence-corrected chi connectivity index (χ1v) is 4.41. The Kier molecular flexibility index (Phi) is 3.92. The third-order valence-corrected chi connectivity index (χ3v) is 1.87. The Labute approximate surface area is 90.3 Å². The predicted octanol–water partition coefficient (Wildman–Crippen LogP) is 1.36. The number of hydrogen-bond acceptors (Lipinski definition) is 6. The smallest absolute Gasteiger partial charge is 0.195 e. The maximum Gasteiger partial charge on any atom is 0.195 e. The molecule has 0 saturated heterocycles. The summed E-state index contributed by atoms with van der Waals surface area (Å²) in [7, 11) is 0. The monoisotopic (exact) mass is 229 g/mol. The highest BCUT2D eigenvalue weighted by atomic mass is 35.5. The largest absolute Gasteiger partial charge is 0.410 e. The van der Waals surface area contributed by atoms with Crippen LogP contribution in [0.5, 0.6) is 0 Å². The zero-order valence-electron chi connectivity index (χ0n) is 7.83. The van der Waals surface area contributed by atoms with Crippen LogP contribution < -0.4 is 5.01 Å². The molecular weight excluding hydrogens is 222 g/mol. The number of nitrogens with zero attached hydrogens (tertiary/aromatic N) is 5. The number of oxime groups is 1. The van der Waals surface area contributed by atoms with Crippen LogP contribution in [0.2, 0.25) is 0 Å². The third kappa shape index (κ3) is 2.59. The Bertz CT molecular complexity index is 366. The van der Waals surface area contributed by atoms with Crippen molar-refractivity contribution in [3.05, 3.63) is 23.0 Å². The minimum atomic E-state index is -0.170. The van der Waals surface area contributed by atoms with Crippen LogP contribution in [0.15, 0.2) is 22.8 Å². The summed E-state index contributed by atoms with van der Waals surface area (Å²) in [4.78, 5) is 18.1. The lowest BCUT2D eigenvalue weighted by molar-refractivity contribution is 0.320. The quantitative estimate of drug-likeness (QED) is 0.364. The second kappa shape index (κ2) is 5.20. The molecule has 0 aliphatic carbocycles. The Hall–Kier alpha value is -1.76. The number of rotatable bonds is 4. The highest BCUT2D eigenvalue weighted by Gasteiger charge is 2.08. The average molecular weight is 230 g/mol. The van der Waals surface area contributed by atoms with Gasteiger partial charge in [0.2, 0.25) is 0 Å². The lowest BCUT2D eigenvalue weighted by atomic mass is 10.5. The SMILES string of the molecule is CCN(N=O)c1cnc(/C(Cl)=N\O)cn1. The average Bonchev–Trinajstić information content (AvgIpc) is 2.30. The fraction of sp³-hybridized carbons (Fsp3) is 0.286. The number of hydrogen-bond donors (Lipinski definition) is 1. The van der Waals surface area contributed by atoms with E-state index in [0.717, 1.165) is 5.01 Å². The second-order valence-electron chi connectivity index (χ2n) is 2.45. The molecule has 0 aliphatic rings. The van der Waals surface area contributed by atoms with Crippen LogP contribution in [0, 0.1) is 4.91 Å². The Morgan fingerprint density at radius 2 is 2.33 bits per heavy atom. The van der Waals surface area contributed by atoms with Crippen LogP contribution in [0.4, 0.5) is 5.82 Å². The molecule has 1 aromatic rings. The maximum absolute atomic E-state index is 10.3. The van der Waals surface area contributed by atoms with E-state index in [9.17, 15) is 4.91 Å². The van der Waals surface area contributed by atoms with Gasteiger partial charge in [-0.2, -0.15) is 0 Å². The molecule has 1 aromatic heterocycles. The van der Waals surface area contributed by atoms with Gasteiger partial charge in [-0.25, -0.2) is 15.0 Å². The fourth-order valence-corrected chi connectivity index (χ4v) is 0.971. The van der Waals surface area contributed by atoms with Crippen molar-refractivity contribution in [2.75, 3.05) is 11.6 Å². The van der Waals surface area contributed by atoms with E-state index in [1.165, 1.54) is 12.4 Å². The lowest BCUT2D eigenvalue weighted by Gasteiger charge is -2.10. The van der Waals surface area contributed by atoms with Gasteiger partial charge in [0.05, 0.1) is 17.7 Å². The molecule has 0 fully saturated rings. The number of nitroso groups, excluding NO2 is 1. The van der Waals surface area contributed by atoms with Crippen molar-refractivity contribution in [3.8, 4) is 0 Å². The standard InChI is InChI=1S/C7H8ClN5O2/c1-2-13(12-15)6-4-9-5(3-10-6)7(8)11-14/h3-4,14H,2H2,1H3/b11-7+. The summed E-state index contributed by atoms with van der Waals surface area (Å²) in [5, 5.41) is 14.8. The van der Waals surface area contributed by atoms with Crippen molar-refractivity contribution in [3.63, 3.8) is 0 Å². The number of aromatic nitrogens is 2. The molecule has 0 aliphatic heterocycles. The van der Waals surface area contributed by atoms with Gasteiger partial charge in [0, 0.05) is 6.54 Å². The van der Waals surface area contributed by atoms with E-state index in [0.29, 0.717) is 12.4 Å². The van der Waals surface area contributed by atoms with E-state index in [1.54, 1.807) is 6.92 Å². The van der Waals surface area contributed by atoms with Gasteiger partial charge in [-0.15, -0.1) is 4.91 Å².